The molecular formula is C19H21N3S. The van der Waals surface area contributed by atoms with E-state index < -0.39 is 0 Å². The van der Waals surface area contributed by atoms with E-state index >= 15 is 0 Å². The molecule has 1 aromatic carbocycles. The molecule has 0 unspecified atom stereocenters. The van der Waals surface area contributed by atoms with Crippen LogP contribution in [0.1, 0.15) is 45.2 Å². The highest BCUT2D eigenvalue weighted by molar-refractivity contribution is 8.00. The Balaban J connectivity index is 1.90. The molecule has 0 saturated heterocycles. The van der Waals surface area contributed by atoms with Crippen LogP contribution >= 0.6 is 11.8 Å². The third-order valence-electron chi connectivity index (χ3n) is 3.99. The van der Waals surface area contributed by atoms with Crippen molar-refractivity contribution in [1.29, 1.82) is 0 Å². The predicted octanol–water partition coefficient (Wildman–Crippen LogP) is 5.19. The highest BCUT2D eigenvalue weighted by Crippen LogP contribution is 2.43. The minimum absolute atomic E-state index is 0.151. The number of thioether (sulfide) groups is 1. The lowest BCUT2D eigenvalue weighted by Gasteiger charge is -2.19. The van der Waals surface area contributed by atoms with E-state index in [9.17, 15) is 0 Å². The second kappa shape index (κ2) is 5.38. The van der Waals surface area contributed by atoms with E-state index in [0.29, 0.717) is 5.92 Å². The van der Waals surface area contributed by atoms with Gasteiger partial charge in [-0.15, -0.1) is 11.8 Å². The predicted molar refractivity (Wildman–Crippen MR) is 96.5 cm³/mol. The summed E-state index contributed by atoms with van der Waals surface area (Å²) in [7, 11) is 0. The molecule has 2 aromatic heterocycles. The van der Waals surface area contributed by atoms with Gasteiger partial charge in [-0.1, -0.05) is 39.0 Å². The van der Waals surface area contributed by atoms with Gasteiger partial charge in [-0.25, -0.2) is 4.68 Å². The van der Waals surface area contributed by atoms with Crippen molar-refractivity contribution in [3.05, 3.63) is 48.4 Å². The van der Waals surface area contributed by atoms with Crippen molar-refractivity contribution in [3.8, 4) is 5.69 Å². The van der Waals surface area contributed by atoms with E-state index in [4.69, 9.17) is 5.10 Å². The first kappa shape index (κ1) is 14.8. The van der Waals surface area contributed by atoms with Crippen LogP contribution in [0.5, 0.6) is 0 Å². The molecule has 3 nitrogen and oxygen atoms in total. The zero-order valence-electron chi connectivity index (χ0n) is 13.8. The molecule has 0 bridgehead atoms. The smallest absolute Gasteiger partial charge is 0.0971 e. The Morgan fingerprint density at radius 1 is 1.13 bits per heavy atom. The zero-order valence-corrected chi connectivity index (χ0v) is 14.6. The molecule has 0 N–H and O–H groups in total. The van der Waals surface area contributed by atoms with Crippen molar-refractivity contribution in [2.75, 3.05) is 0 Å². The molecule has 3 aromatic rings. The Bertz CT molecular complexity index is 856. The normalized spacial score (nSPS) is 15.3. The molecule has 4 rings (SSSR count). The number of fused-ring (bicyclic) bond motifs is 1. The molecule has 0 amide bonds. The van der Waals surface area contributed by atoms with E-state index in [1.165, 1.54) is 34.3 Å². The van der Waals surface area contributed by atoms with Crippen LogP contribution in [-0.2, 0) is 0 Å². The second-order valence-electron chi connectivity index (χ2n) is 7.15. The molecule has 1 saturated carbocycles. The molecule has 0 atom stereocenters. The van der Waals surface area contributed by atoms with Gasteiger partial charge in [0.15, 0.2) is 0 Å². The van der Waals surface area contributed by atoms with Gasteiger partial charge in [0.1, 0.15) is 0 Å². The van der Waals surface area contributed by atoms with Crippen molar-refractivity contribution >= 4 is 22.7 Å². The molecule has 4 heteroatoms. The Morgan fingerprint density at radius 3 is 2.65 bits per heavy atom. The van der Waals surface area contributed by atoms with Crippen LogP contribution < -0.4 is 0 Å². The van der Waals surface area contributed by atoms with Crippen LogP contribution in [0.2, 0.25) is 0 Å². The number of nitrogens with zero attached hydrogens (tertiary/aromatic N) is 3. The summed E-state index contributed by atoms with van der Waals surface area (Å²) in [6.07, 6.45) is 6.32. The molecule has 1 aliphatic carbocycles. The average Bonchev–Trinajstić information content (AvgIpc) is 3.28. The van der Waals surface area contributed by atoms with E-state index in [2.05, 4.69) is 60.8 Å². The summed E-state index contributed by atoms with van der Waals surface area (Å²) in [5.74, 6) is 0.636. The van der Waals surface area contributed by atoms with Crippen molar-refractivity contribution in [2.24, 2.45) is 0 Å². The van der Waals surface area contributed by atoms with Crippen molar-refractivity contribution in [1.82, 2.24) is 14.8 Å². The summed E-state index contributed by atoms with van der Waals surface area (Å²) in [5, 5.41) is 6.26. The van der Waals surface area contributed by atoms with Gasteiger partial charge >= 0.3 is 0 Å². The molecule has 1 aliphatic rings. The molecule has 2 heterocycles. The van der Waals surface area contributed by atoms with Crippen LogP contribution in [0.3, 0.4) is 0 Å². The first-order valence-electron chi connectivity index (χ1n) is 8.14. The molecule has 0 spiro atoms. The minimum Gasteiger partial charge on any atom is -0.262 e. The lowest BCUT2D eigenvalue weighted by molar-refractivity contribution is 0.796. The molecule has 1 fully saturated rings. The lowest BCUT2D eigenvalue weighted by Crippen LogP contribution is -2.09. The third-order valence-corrected chi connectivity index (χ3v) is 5.16. The Morgan fingerprint density at radius 2 is 1.91 bits per heavy atom. The Labute approximate surface area is 141 Å². The van der Waals surface area contributed by atoms with Gasteiger partial charge in [-0.3, -0.25) is 4.98 Å². The topological polar surface area (TPSA) is 30.7 Å². The van der Waals surface area contributed by atoms with Crippen LogP contribution in [0, 0.1) is 0 Å². The number of para-hydroxylation sites is 1. The van der Waals surface area contributed by atoms with Crippen LogP contribution in [0.4, 0.5) is 0 Å². The van der Waals surface area contributed by atoms with Gasteiger partial charge in [0, 0.05) is 27.1 Å². The standard InChI is InChI=1S/C19H21N3S/c1-19(2,3)23-17-10-11-20-12-16(17)22-15-7-5-4-6-14(15)18(21-22)13-8-9-13/h4-7,10-13H,8-9H2,1-3H3. The number of rotatable bonds is 3. The molecule has 118 valence electrons. The van der Waals surface area contributed by atoms with Gasteiger partial charge in [-0.2, -0.15) is 5.10 Å². The number of pyridine rings is 1. The van der Waals surface area contributed by atoms with Gasteiger partial charge in [0.25, 0.3) is 0 Å². The molecular weight excluding hydrogens is 302 g/mol. The van der Waals surface area contributed by atoms with Crippen molar-refractivity contribution in [3.63, 3.8) is 0 Å². The third kappa shape index (κ3) is 2.88. The fourth-order valence-corrected chi connectivity index (χ4v) is 3.91. The van der Waals surface area contributed by atoms with E-state index in [1.54, 1.807) is 0 Å². The maximum Gasteiger partial charge on any atom is 0.0971 e. The number of hydrogen-bond donors (Lipinski definition) is 0. The van der Waals surface area contributed by atoms with Gasteiger partial charge in [0.2, 0.25) is 0 Å². The summed E-state index contributed by atoms with van der Waals surface area (Å²) in [6, 6.07) is 10.6. The summed E-state index contributed by atoms with van der Waals surface area (Å²) in [4.78, 5) is 5.58. The van der Waals surface area contributed by atoms with Gasteiger partial charge < -0.3 is 0 Å². The zero-order chi connectivity index (χ0) is 16.0. The highest BCUT2D eigenvalue weighted by atomic mass is 32.2. The largest absolute Gasteiger partial charge is 0.262 e. The summed E-state index contributed by atoms with van der Waals surface area (Å²) >= 11 is 1.86. The summed E-state index contributed by atoms with van der Waals surface area (Å²) in [5.41, 5.74) is 3.50. The monoisotopic (exact) mass is 323 g/mol. The average molecular weight is 323 g/mol. The van der Waals surface area contributed by atoms with Crippen LogP contribution in [0.25, 0.3) is 16.6 Å². The Kier molecular flexibility index (Phi) is 3.45. The fraction of sp³-hybridized carbons (Fsp3) is 0.368. The first-order valence-corrected chi connectivity index (χ1v) is 8.96. The van der Waals surface area contributed by atoms with Crippen LogP contribution in [0.15, 0.2) is 47.6 Å². The maximum atomic E-state index is 4.98. The molecule has 0 radical (unpaired) electrons. The minimum atomic E-state index is 0.151. The molecule has 23 heavy (non-hydrogen) atoms. The quantitative estimate of drug-likeness (QED) is 0.622. The molecule has 0 aliphatic heterocycles. The maximum absolute atomic E-state index is 4.98. The van der Waals surface area contributed by atoms with E-state index in [0.717, 1.165) is 5.69 Å². The van der Waals surface area contributed by atoms with Crippen molar-refractivity contribution < 1.29 is 0 Å². The number of aromatic nitrogens is 3. The van der Waals surface area contributed by atoms with E-state index in [-0.39, 0.29) is 4.75 Å². The fourth-order valence-electron chi connectivity index (χ4n) is 2.88. The van der Waals surface area contributed by atoms with Crippen molar-refractivity contribution in [2.45, 2.75) is 49.2 Å². The second-order valence-corrected chi connectivity index (χ2v) is 9.01. The van der Waals surface area contributed by atoms with Gasteiger partial charge in [-0.05, 0) is 25.0 Å². The van der Waals surface area contributed by atoms with Crippen LogP contribution in [-0.4, -0.2) is 19.5 Å². The number of benzene rings is 1. The number of hydrogen-bond acceptors (Lipinski definition) is 3. The van der Waals surface area contributed by atoms with Gasteiger partial charge in [0.05, 0.1) is 23.1 Å². The summed E-state index contributed by atoms with van der Waals surface area (Å²) in [6.45, 7) is 6.70. The highest BCUT2D eigenvalue weighted by Gasteiger charge is 2.29. The Hall–Kier alpha value is -1.81. The lowest BCUT2D eigenvalue weighted by atomic mass is 10.1. The first-order chi connectivity index (χ1) is 11.0. The summed E-state index contributed by atoms with van der Waals surface area (Å²) < 4.78 is 2.24. The SMILES string of the molecule is CC(C)(C)Sc1ccncc1-n1nc(C2CC2)c2ccccc21. The van der Waals surface area contributed by atoms with E-state index in [1.807, 2.05) is 24.2 Å².